The second-order valence-electron chi connectivity index (χ2n) is 4.80. The molecule has 0 fully saturated rings. The van der Waals surface area contributed by atoms with Gasteiger partial charge in [-0.3, -0.25) is 4.79 Å². The number of ether oxygens (including phenoxy) is 1. The van der Waals surface area contributed by atoms with E-state index in [4.69, 9.17) is 5.73 Å². The van der Waals surface area contributed by atoms with Crippen LogP contribution in [-0.2, 0) is 0 Å². The van der Waals surface area contributed by atoms with Crippen molar-refractivity contribution >= 4 is 40.3 Å². The third-order valence-corrected chi connectivity index (χ3v) is 3.96. The highest BCUT2D eigenvalue weighted by Crippen LogP contribution is 2.34. The van der Waals surface area contributed by atoms with Crippen molar-refractivity contribution in [2.75, 3.05) is 5.73 Å². The molecule has 0 aliphatic carbocycles. The van der Waals surface area contributed by atoms with E-state index in [2.05, 4.69) is 4.74 Å². The topological polar surface area (TPSA) is 143 Å². The van der Waals surface area contributed by atoms with Crippen LogP contribution in [0.25, 0.3) is 11.1 Å². The number of aromatic amines is 1. The van der Waals surface area contributed by atoms with Crippen LogP contribution in [0.4, 0.5) is 19.0 Å². The van der Waals surface area contributed by atoms with Crippen LogP contribution in [0.3, 0.4) is 0 Å². The number of aromatic nitrogens is 1. The van der Waals surface area contributed by atoms with Gasteiger partial charge >= 0.3 is 18.3 Å². The first kappa shape index (κ1) is 19.6. The molecule has 0 aliphatic rings. The molecule has 0 unspecified atom stereocenters. The molecule has 0 amide bonds. The Morgan fingerprint density at radius 1 is 1.15 bits per heavy atom. The molecule has 0 bridgehead atoms. The second-order valence-corrected chi connectivity index (χ2v) is 5.96. The zero-order valence-electron chi connectivity index (χ0n) is 12.3. The monoisotopic (exact) mass is 484 g/mol. The van der Waals surface area contributed by atoms with Crippen LogP contribution in [-0.4, -0.2) is 33.5 Å². The lowest BCUT2D eigenvalue weighted by molar-refractivity contribution is -0.274. The van der Waals surface area contributed by atoms with E-state index >= 15 is 0 Å². The number of alkyl halides is 3. The van der Waals surface area contributed by atoms with Gasteiger partial charge < -0.3 is 25.7 Å². The number of rotatable bonds is 4. The quantitative estimate of drug-likeness (QED) is 0.489. The standard InChI is InChI=1S/C14H8F3IN2O6/c15-14(16,17)26-6-2-1-4(3-5(6)18)7-8(12(22)23)10(19)20-11(21)9(7)13(24)25/h1-3H,(H,22,23)(H,24,25)(H3,19,20,21). The Morgan fingerprint density at radius 3 is 2.19 bits per heavy atom. The van der Waals surface area contributed by atoms with Gasteiger partial charge in [0.25, 0.3) is 5.56 Å². The van der Waals surface area contributed by atoms with Crippen molar-refractivity contribution in [2.45, 2.75) is 6.36 Å². The van der Waals surface area contributed by atoms with E-state index in [1.807, 2.05) is 4.98 Å². The fraction of sp³-hybridized carbons (Fsp3) is 0.0714. The van der Waals surface area contributed by atoms with E-state index in [1.165, 1.54) is 22.6 Å². The summed E-state index contributed by atoms with van der Waals surface area (Å²) >= 11 is 1.49. The number of nitrogen functional groups attached to an aromatic ring is 1. The lowest BCUT2D eigenvalue weighted by Gasteiger charge is -2.14. The van der Waals surface area contributed by atoms with Gasteiger partial charge in [-0.2, -0.15) is 0 Å². The number of aromatic carboxylic acids is 2. The zero-order chi connectivity index (χ0) is 19.8. The van der Waals surface area contributed by atoms with Crippen molar-refractivity contribution in [3.8, 4) is 16.9 Å². The lowest BCUT2D eigenvalue weighted by atomic mass is 9.95. The van der Waals surface area contributed by atoms with Crippen LogP contribution in [0, 0.1) is 3.57 Å². The fourth-order valence-corrected chi connectivity index (χ4v) is 2.82. The highest BCUT2D eigenvalue weighted by atomic mass is 127. The van der Waals surface area contributed by atoms with Gasteiger partial charge in [-0.1, -0.05) is 6.07 Å². The van der Waals surface area contributed by atoms with Crippen LogP contribution >= 0.6 is 22.6 Å². The van der Waals surface area contributed by atoms with Gasteiger partial charge in [-0.25, -0.2) is 9.59 Å². The summed E-state index contributed by atoms with van der Waals surface area (Å²) in [6, 6.07) is 2.92. The summed E-state index contributed by atoms with van der Waals surface area (Å²) < 4.78 is 40.7. The summed E-state index contributed by atoms with van der Waals surface area (Å²) in [5.74, 6) is -4.52. The predicted octanol–water partition coefficient (Wildman–Crippen LogP) is 2.52. The molecule has 2 aromatic rings. The Hall–Kier alpha value is -2.77. The average molecular weight is 484 g/mol. The summed E-state index contributed by atoms with van der Waals surface area (Å²) in [4.78, 5) is 36.7. The van der Waals surface area contributed by atoms with E-state index in [0.717, 1.165) is 18.2 Å². The van der Waals surface area contributed by atoms with Gasteiger partial charge in [-0.15, -0.1) is 13.2 Å². The Kier molecular flexibility index (Phi) is 5.16. The number of anilines is 1. The molecule has 1 aromatic carbocycles. The van der Waals surface area contributed by atoms with Crippen molar-refractivity contribution < 1.29 is 37.7 Å². The number of carboxylic acid groups (broad SMARTS) is 2. The first-order chi connectivity index (χ1) is 11.9. The van der Waals surface area contributed by atoms with E-state index < -0.39 is 52.1 Å². The molecule has 26 heavy (non-hydrogen) atoms. The minimum atomic E-state index is -4.95. The molecule has 12 heteroatoms. The van der Waals surface area contributed by atoms with Gasteiger partial charge in [0.2, 0.25) is 0 Å². The number of H-pyrrole nitrogens is 1. The van der Waals surface area contributed by atoms with Crippen LogP contribution in [0.5, 0.6) is 5.75 Å². The smallest absolute Gasteiger partial charge is 0.478 e. The number of hydrogen-bond acceptors (Lipinski definition) is 5. The van der Waals surface area contributed by atoms with Gasteiger partial charge in [0, 0.05) is 5.56 Å². The number of benzene rings is 1. The number of carbonyl (C=O) groups is 2. The maximum Gasteiger partial charge on any atom is 0.573 e. The molecule has 0 radical (unpaired) electrons. The number of nitrogens with one attached hydrogen (secondary N) is 1. The molecule has 0 spiro atoms. The minimum Gasteiger partial charge on any atom is -0.478 e. The molecule has 5 N–H and O–H groups in total. The molecule has 0 atom stereocenters. The van der Waals surface area contributed by atoms with Gasteiger partial charge in [-0.05, 0) is 40.3 Å². The van der Waals surface area contributed by atoms with Crippen LogP contribution in [0.2, 0.25) is 0 Å². The largest absolute Gasteiger partial charge is 0.573 e. The molecular formula is C14H8F3IN2O6. The molecule has 1 heterocycles. The van der Waals surface area contributed by atoms with E-state index in [9.17, 15) is 37.8 Å². The molecule has 0 aliphatic heterocycles. The molecular weight excluding hydrogens is 476 g/mol. The third kappa shape index (κ3) is 3.89. The van der Waals surface area contributed by atoms with Crippen LogP contribution in [0.1, 0.15) is 20.7 Å². The van der Waals surface area contributed by atoms with Crippen molar-refractivity contribution in [1.82, 2.24) is 4.98 Å². The number of halogens is 4. The summed E-state index contributed by atoms with van der Waals surface area (Å²) in [6.07, 6.45) is -4.95. The molecule has 1 aromatic heterocycles. The maximum atomic E-state index is 12.3. The maximum absolute atomic E-state index is 12.3. The van der Waals surface area contributed by atoms with Crippen molar-refractivity contribution in [2.24, 2.45) is 0 Å². The van der Waals surface area contributed by atoms with Crippen molar-refractivity contribution in [3.05, 3.63) is 43.2 Å². The van der Waals surface area contributed by atoms with E-state index in [-0.39, 0.29) is 9.13 Å². The number of hydrogen-bond donors (Lipinski definition) is 4. The predicted molar refractivity (Wildman–Crippen MR) is 90.2 cm³/mol. The minimum absolute atomic E-state index is 0.0936. The highest BCUT2D eigenvalue weighted by Gasteiger charge is 2.32. The normalized spacial score (nSPS) is 11.2. The SMILES string of the molecule is Nc1[nH]c(=O)c(C(=O)O)c(-c2ccc(OC(F)(F)F)c(I)c2)c1C(=O)O. The zero-order valence-corrected chi connectivity index (χ0v) is 14.5. The van der Waals surface area contributed by atoms with E-state index in [0.29, 0.717) is 0 Å². The van der Waals surface area contributed by atoms with E-state index in [1.54, 1.807) is 0 Å². The highest BCUT2D eigenvalue weighted by molar-refractivity contribution is 14.1. The number of pyridine rings is 1. The third-order valence-electron chi connectivity index (χ3n) is 3.12. The Labute approximate surface area is 155 Å². The van der Waals surface area contributed by atoms with Crippen LogP contribution in [0.15, 0.2) is 23.0 Å². The first-order valence-electron chi connectivity index (χ1n) is 6.50. The summed E-state index contributed by atoms with van der Waals surface area (Å²) in [7, 11) is 0. The molecule has 0 saturated carbocycles. The molecule has 0 saturated heterocycles. The Morgan fingerprint density at radius 2 is 1.73 bits per heavy atom. The molecule has 2 rings (SSSR count). The second kappa shape index (κ2) is 6.86. The Balaban J connectivity index is 2.79. The fourth-order valence-electron chi connectivity index (χ4n) is 2.20. The molecule has 138 valence electrons. The van der Waals surface area contributed by atoms with Crippen molar-refractivity contribution in [3.63, 3.8) is 0 Å². The summed E-state index contributed by atoms with van der Waals surface area (Å²) in [5, 5.41) is 18.6. The lowest BCUT2D eigenvalue weighted by Crippen LogP contribution is -2.24. The Bertz CT molecular complexity index is 970. The average Bonchev–Trinajstić information content (AvgIpc) is 2.46. The summed E-state index contributed by atoms with van der Waals surface area (Å²) in [6.45, 7) is 0. The number of carboxylic acids is 2. The van der Waals surface area contributed by atoms with Gasteiger partial charge in [0.15, 0.2) is 0 Å². The van der Waals surface area contributed by atoms with Gasteiger partial charge in [0.05, 0.1) is 3.57 Å². The van der Waals surface area contributed by atoms with Crippen LogP contribution < -0.4 is 16.0 Å². The summed E-state index contributed by atoms with van der Waals surface area (Å²) in [5.41, 5.74) is 2.07. The van der Waals surface area contributed by atoms with Crippen molar-refractivity contribution in [1.29, 1.82) is 0 Å². The first-order valence-corrected chi connectivity index (χ1v) is 7.58. The number of nitrogens with two attached hydrogens (primary N) is 1. The molecule has 8 nitrogen and oxygen atoms in total. The van der Waals surface area contributed by atoms with Gasteiger partial charge in [0.1, 0.15) is 22.7 Å².